The van der Waals surface area contributed by atoms with Crippen molar-refractivity contribution in [3.05, 3.63) is 73.1 Å². The van der Waals surface area contributed by atoms with E-state index in [1.165, 1.54) is 16.8 Å². The predicted molar refractivity (Wildman–Crippen MR) is 87.2 cm³/mol. The molecule has 3 nitrogen and oxygen atoms in total. The predicted octanol–water partition coefficient (Wildman–Crippen LogP) is 4.05. The van der Waals surface area contributed by atoms with Crippen LogP contribution in [-0.4, -0.2) is 16.3 Å². The van der Waals surface area contributed by atoms with E-state index in [1.54, 1.807) is 0 Å². The Bertz CT molecular complexity index is 659. The fourth-order valence-corrected chi connectivity index (χ4v) is 2.30. The minimum absolute atomic E-state index is 0.923. The summed E-state index contributed by atoms with van der Waals surface area (Å²) in [5.74, 6) is 0. The maximum atomic E-state index is 4.43. The van der Waals surface area contributed by atoms with Gasteiger partial charge in [0.25, 0.3) is 0 Å². The first-order valence-electron chi connectivity index (χ1n) is 7.28. The number of anilines is 1. The van der Waals surface area contributed by atoms with Crippen LogP contribution in [0.4, 0.5) is 5.69 Å². The number of nitrogens with zero attached hydrogens (tertiary/aromatic N) is 2. The van der Waals surface area contributed by atoms with Crippen molar-refractivity contribution in [3.8, 4) is 11.1 Å². The van der Waals surface area contributed by atoms with Gasteiger partial charge in [-0.15, -0.1) is 0 Å². The van der Waals surface area contributed by atoms with Crippen LogP contribution in [0.3, 0.4) is 0 Å². The average molecular weight is 277 g/mol. The van der Waals surface area contributed by atoms with E-state index < -0.39 is 0 Å². The molecule has 21 heavy (non-hydrogen) atoms. The summed E-state index contributed by atoms with van der Waals surface area (Å²) < 4.78 is 2.01. The maximum Gasteiger partial charge on any atom is 0.0568 e. The Kier molecular flexibility index (Phi) is 4.32. The van der Waals surface area contributed by atoms with Gasteiger partial charge in [-0.2, -0.15) is 5.10 Å². The molecule has 2 aromatic carbocycles. The molecule has 0 radical (unpaired) electrons. The molecule has 0 atom stereocenters. The van der Waals surface area contributed by atoms with Gasteiger partial charge in [0, 0.05) is 30.5 Å². The van der Waals surface area contributed by atoms with Crippen LogP contribution in [0.25, 0.3) is 11.1 Å². The molecular formula is C18H19N3. The Hall–Kier alpha value is -2.55. The Morgan fingerprint density at radius 2 is 1.57 bits per heavy atom. The number of para-hydroxylation sites is 1. The molecule has 0 saturated carbocycles. The lowest BCUT2D eigenvalue weighted by Crippen LogP contribution is -2.06. The molecule has 1 heterocycles. The van der Waals surface area contributed by atoms with E-state index in [2.05, 4.69) is 53.0 Å². The number of nitrogens with one attached hydrogen (secondary N) is 1. The van der Waals surface area contributed by atoms with Crippen molar-refractivity contribution >= 4 is 5.69 Å². The summed E-state index contributed by atoms with van der Waals surface area (Å²) in [6.45, 7) is 1.87. The zero-order valence-corrected chi connectivity index (χ0v) is 11.9. The normalized spacial score (nSPS) is 10.5. The number of rotatable bonds is 6. The fourth-order valence-electron chi connectivity index (χ4n) is 2.30. The molecule has 3 aromatic rings. The van der Waals surface area contributed by atoms with Crippen LogP contribution in [0.5, 0.6) is 0 Å². The average Bonchev–Trinajstić information content (AvgIpc) is 3.02. The van der Waals surface area contributed by atoms with Gasteiger partial charge in [0.15, 0.2) is 0 Å². The third-order valence-electron chi connectivity index (χ3n) is 3.41. The summed E-state index contributed by atoms with van der Waals surface area (Å²) in [6.07, 6.45) is 5.09. The highest BCUT2D eigenvalue weighted by Crippen LogP contribution is 2.17. The van der Waals surface area contributed by atoms with Gasteiger partial charge in [-0.05, 0) is 24.1 Å². The maximum absolute atomic E-state index is 4.43. The third kappa shape index (κ3) is 3.72. The summed E-state index contributed by atoms with van der Waals surface area (Å²) in [5, 5.41) is 7.84. The van der Waals surface area contributed by atoms with Gasteiger partial charge in [-0.1, -0.05) is 48.5 Å². The molecule has 3 rings (SSSR count). The molecular weight excluding hydrogens is 258 g/mol. The number of hydrogen-bond acceptors (Lipinski definition) is 2. The van der Waals surface area contributed by atoms with Gasteiger partial charge >= 0.3 is 0 Å². The summed E-state index contributed by atoms with van der Waals surface area (Å²) in [7, 11) is 0. The van der Waals surface area contributed by atoms with Crippen LogP contribution >= 0.6 is 0 Å². The Labute approximate surface area is 125 Å². The molecule has 0 aliphatic carbocycles. The van der Waals surface area contributed by atoms with E-state index in [-0.39, 0.29) is 0 Å². The molecule has 1 N–H and O–H groups in total. The van der Waals surface area contributed by atoms with Gasteiger partial charge in [0.1, 0.15) is 0 Å². The van der Waals surface area contributed by atoms with Gasteiger partial charge in [0.2, 0.25) is 0 Å². The highest BCUT2D eigenvalue weighted by molar-refractivity contribution is 5.61. The molecule has 0 unspecified atom stereocenters. The first kappa shape index (κ1) is 13.4. The molecule has 3 heteroatoms. The summed E-state index contributed by atoms with van der Waals surface area (Å²) >= 11 is 0. The lowest BCUT2D eigenvalue weighted by atomic mass is 10.1. The first-order chi connectivity index (χ1) is 10.4. The SMILES string of the molecule is c1ccc(NCCCn2cc(-c3ccccc3)cn2)cc1. The van der Waals surface area contributed by atoms with E-state index in [0.29, 0.717) is 0 Å². The smallest absolute Gasteiger partial charge is 0.0568 e. The van der Waals surface area contributed by atoms with E-state index in [1.807, 2.05) is 35.1 Å². The summed E-state index contributed by atoms with van der Waals surface area (Å²) in [5.41, 5.74) is 3.56. The van der Waals surface area contributed by atoms with Gasteiger partial charge in [0.05, 0.1) is 6.20 Å². The van der Waals surface area contributed by atoms with Crippen molar-refractivity contribution < 1.29 is 0 Å². The Morgan fingerprint density at radius 1 is 0.857 bits per heavy atom. The van der Waals surface area contributed by atoms with Crippen molar-refractivity contribution in [2.24, 2.45) is 0 Å². The molecule has 106 valence electrons. The molecule has 1 aromatic heterocycles. The van der Waals surface area contributed by atoms with E-state index in [4.69, 9.17) is 0 Å². The topological polar surface area (TPSA) is 29.9 Å². The van der Waals surface area contributed by atoms with Crippen molar-refractivity contribution in [2.75, 3.05) is 11.9 Å². The van der Waals surface area contributed by atoms with Gasteiger partial charge in [-0.25, -0.2) is 0 Å². The van der Waals surface area contributed by atoms with E-state index in [9.17, 15) is 0 Å². The molecule has 0 amide bonds. The van der Waals surface area contributed by atoms with E-state index >= 15 is 0 Å². The Morgan fingerprint density at radius 3 is 2.33 bits per heavy atom. The number of benzene rings is 2. The Balaban J connectivity index is 1.49. The molecule has 0 spiro atoms. The van der Waals surface area contributed by atoms with Crippen molar-refractivity contribution in [1.29, 1.82) is 0 Å². The highest BCUT2D eigenvalue weighted by Gasteiger charge is 2.00. The molecule has 0 aliphatic rings. The number of aromatic nitrogens is 2. The molecule has 0 aliphatic heterocycles. The molecule has 0 fully saturated rings. The van der Waals surface area contributed by atoms with Crippen LogP contribution in [0.1, 0.15) is 6.42 Å². The minimum Gasteiger partial charge on any atom is -0.385 e. The van der Waals surface area contributed by atoms with Crippen LogP contribution in [0.15, 0.2) is 73.1 Å². The van der Waals surface area contributed by atoms with Crippen molar-refractivity contribution in [1.82, 2.24) is 9.78 Å². The minimum atomic E-state index is 0.923. The van der Waals surface area contributed by atoms with E-state index in [0.717, 1.165) is 19.5 Å². The monoisotopic (exact) mass is 277 g/mol. The van der Waals surface area contributed by atoms with Crippen molar-refractivity contribution in [2.45, 2.75) is 13.0 Å². The largest absolute Gasteiger partial charge is 0.385 e. The highest BCUT2D eigenvalue weighted by atomic mass is 15.3. The summed E-state index contributed by atoms with van der Waals surface area (Å²) in [4.78, 5) is 0. The van der Waals surface area contributed by atoms with Crippen LogP contribution < -0.4 is 5.32 Å². The first-order valence-corrected chi connectivity index (χ1v) is 7.28. The van der Waals surface area contributed by atoms with Gasteiger partial charge < -0.3 is 5.32 Å². The number of hydrogen-bond donors (Lipinski definition) is 1. The molecule has 0 bridgehead atoms. The second-order valence-electron chi connectivity index (χ2n) is 5.00. The van der Waals surface area contributed by atoms with Gasteiger partial charge in [-0.3, -0.25) is 4.68 Å². The fraction of sp³-hybridized carbons (Fsp3) is 0.167. The lowest BCUT2D eigenvalue weighted by molar-refractivity contribution is 0.592. The zero-order chi connectivity index (χ0) is 14.3. The van der Waals surface area contributed by atoms with Crippen LogP contribution in [-0.2, 0) is 6.54 Å². The lowest BCUT2D eigenvalue weighted by Gasteiger charge is -2.06. The van der Waals surface area contributed by atoms with Crippen molar-refractivity contribution in [3.63, 3.8) is 0 Å². The van der Waals surface area contributed by atoms with Crippen LogP contribution in [0.2, 0.25) is 0 Å². The quantitative estimate of drug-likeness (QED) is 0.689. The second-order valence-corrected chi connectivity index (χ2v) is 5.00. The second kappa shape index (κ2) is 6.75. The standard InChI is InChI=1S/C18H19N3/c1-3-8-16(9-4-1)17-14-20-21(15-17)13-7-12-19-18-10-5-2-6-11-18/h1-6,8-11,14-15,19H,7,12-13H2. The van der Waals surface area contributed by atoms with Crippen LogP contribution in [0, 0.1) is 0 Å². The molecule has 0 saturated heterocycles. The number of aryl methyl sites for hydroxylation is 1. The third-order valence-corrected chi connectivity index (χ3v) is 3.41. The summed E-state index contributed by atoms with van der Waals surface area (Å²) in [6, 6.07) is 20.6. The zero-order valence-electron chi connectivity index (χ0n) is 11.9.